The Kier molecular flexibility index (Phi) is 5.56. The fraction of sp³-hybridized carbons (Fsp3) is 0.812. The Bertz CT molecular complexity index is 493. The SMILES string of the molecule is CCN1CCCC1CNC(=O)CCc1nc(C(C)(C)C)no1. The van der Waals surface area contributed by atoms with Gasteiger partial charge in [-0.2, -0.15) is 4.98 Å². The normalized spacial score (nSPS) is 19.5. The number of likely N-dealkylation sites (tertiary alicyclic amines) is 1. The molecule has 1 N–H and O–H groups in total. The van der Waals surface area contributed by atoms with Gasteiger partial charge in [0.15, 0.2) is 5.82 Å². The quantitative estimate of drug-likeness (QED) is 0.869. The van der Waals surface area contributed by atoms with Crippen LogP contribution >= 0.6 is 0 Å². The summed E-state index contributed by atoms with van der Waals surface area (Å²) in [5.41, 5.74) is -0.129. The molecule has 0 bridgehead atoms. The minimum Gasteiger partial charge on any atom is -0.355 e. The molecule has 22 heavy (non-hydrogen) atoms. The molecule has 6 nitrogen and oxygen atoms in total. The first-order valence-corrected chi connectivity index (χ1v) is 8.24. The first kappa shape index (κ1) is 16.9. The fourth-order valence-corrected chi connectivity index (χ4v) is 2.74. The third kappa shape index (κ3) is 4.53. The number of carbonyl (C=O) groups is 1. The molecule has 1 aromatic rings. The van der Waals surface area contributed by atoms with Gasteiger partial charge in [0.05, 0.1) is 0 Å². The van der Waals surface area contributed by atoms with Gasteiger partial charge in [-0.15, -0.1) is 0 Å². The van der Waals surface area contributed by atoms with Crippen LogP contribution in [0.15, 0.2) is 4.52 Å². The molecule has 1 saturated heterocycles. The molecule has 1 aromatic heterocycles. The second kappa shape index (κ2) is 7.22. The number of aryl methyl sites for hydroxylation is 1. The Morgan fingerprint density at radius 3 is 2.86 bits per heavy atom. The monoisotopic (exact) mass is 308 g/mol. The van der Waals surface area contributed by atoms with Gasteiger partial charge in [0.25, 0.3) is 0 Å². The Morgan fingerprint density at radius 2 is 2.23 bits per heavy atom. The van der Waals surface area contributed by atoms with E-state index in [1.54, 1.807) is 0 Å². The standard InChI is InChI=1S/C16H28N4O2/c1-5-20-10-6-7-12(20)11-17-13(21)8-9-14-18-15(19-22-14)16(2,3)4/h12H,5-11H2,1-4H3,(H,17,21). The van der Waals surface area contributed by atoms with Crippen LogP contribution in [0.25, 0.3) is 0 Å². The lowest BCUT2D eigenvalue weighted by Crippen LogP contribution is -2.40. The summed E-state index contributed by atoms with van der Waals surface area (Å²) in [5, 5.41) is 7.00. The highest BCUT2D eigenvalue weighted by molar-refractivity contribution is 5.76. The van der Waals surface area contributed by atoms with Crippen molar-refractivity contribution in [2.75, 3.05) is 19.6 Å². The molecule has 1 fully saturated rings. The minimum atomic E-state index is -0.129. The number of hydrogen-bond acceptors (Lipinski definition) is 5. The summed E-state index contributed by atoms with van der Waals surface area (Å²) >= 11 is 0. The molecule has 1 amide bonds. The smallest absolute Gasteiger partial charge is 0.227 e. The molecular weight excluding hydrogens is 280 g/mol. The Balaban J connectivity index is 1.72. The first-order valence-electron chi connectivity index (χ1n) is 8.24. The molecule has 1 aliphatic rings. The van der Waals surface area contributed by atoms with Crippen molar-refractivity contribution >= 4 is 5.91 Å². The molecule has 0 aromatic carbocycles. The largest absolute Gasteiger partial charge is 0.355 e. The van der Waals surface area contributed by atoms with E-state index in [1.807, 2.05) is 20.8 Å². The zero-order chi connectivity index (χ0) is 16.2. The Hall–Kier alpha value is -1.43. The van der Waals surface area contributed by atoms with Crippen molar-refractivity contribution in [1.82, 2.24) is 20.4 Å². The van der Waals surface area contributed by atoms with Gasteiger partial charge in [-0.05, 0) is 25.9 Å². The van der Waals surface area contributed by atoms with E-state index in [4.69, 9.17) is 4.52 Å². The van der Waals surface area contributed by atoms with Crippen LogP contribution < -0.4 is 5.32 Å². The Labute approximate surface area is 132 Å². The van der Waals surface area contributed by atoms with Gasteiger partial charge in [-0.3, -0.25) is 9.69 Å². The first-order chi connectivity index (χ1) is 10.4. The van der Waals surface area contributed by atoms with Crippen LogP contribution in [0.1, 0.15) is 58.7 Å². The summed E-state index contributed by atoms with van der Waals surface area (Å²) in [4.78, 5) is 18.7. The van der Waals surface area contributed by atoms with E-state index < -0.39 is 0 Å². The molecule has 1 atom stereocenters. The van der Waals surface area contributed by atoms with Crippen molar-refractivity contribution in [3.05, 3.63) is 11.7 Å². The van der Waals surface area contributed by atoms with E-state index >= 15 is 0 Å². The molecule has 124 valence electrons. The van der Waals surface area contributed by atoms with Gasteiger partial charge in [0, 0.05) is 30.8 Å². The highest BCUT2D eigenvalue weighted by Gasteiger charge is 2.23. The summed E-state index contributed by atoms with van der Waals surface area (Å²) < 4.78 is 5.20. The summed E-state index contributed by atoms with van der Waals surface area (Å²) in [5.74, 6) is 1.28. The van der Waals surface area contributed by atoms with Crippen molar-refractivity contribution in [3.8, 4) is 0 Å². The molecule has 0 aliphatic carbocycles. The van der Waals surface area contributed by atoms with Gasteiger partial charge in [0.2, 0.25) is 11.8 Å². The van der Waals surface area contributed by atoms with Gasteiger partial charge in [0.1, 0.15) is 0 Å². The number of nitrogens with one attached hydrogen (secondary N) is 1. The number of hydrogen-bond donors (Lipinski definition) is 1. The highest BCUT2D eigenvalue weighted by atomic mass is 16.5. The van der Waals surface area contributed by atoms with Gasteiger partial charge >= 0.3 is 0 Å². The summed E-state index contributed by atoms with van der Waals surface area (Å²) in [6.07, 6.45) is 3.29. The number of likely N-dealkylation sites (N-methyl/N-ethyl adjacent to an activating group) is 1. The lowest BCUT2D eigenvalue weighted by molar-refractivity contribution is -0.121. The van der Waals surface area contributed by atoms with E-state index in [0.29, 0.717) is 30.6 Å². The predicted octanol–water partition coefficient (Wildman–Crippen LogP) is 1.90. The molecule has 0 saturated carbocycles. The van der Waals surface area contributed by atoms with Crippen LogP contribution in [-0.4, -0.2) is 46.6 Å². The molecule has 0 radical (unpaired) electrons. The topological polar surface area (TPSA) is 71.3 Å². The molecule has 2 heterocycles. The third-order valence-electron chi connectivity index (χ3n) is 4.14. The maximum Gasteiger partial charge on any atom is 0.227 e. The van der Waals surface area contributed by atoms with E-state index in [-0.39, 0.29) is 11.3 Å². The maximum absolute atomic E-state index is 12.0. The van der Waals surface area contributed by atoms with Crippen LogP contribution in [0.4, 0.5) is 0 Å². The van der Waals surface area contributed by atoms with Crippen molar-refractivity contribution in [2.45, 2.75) is 64.8 Å². The van der Waals surface area contributed by atoms with Crippen LogP contribution in [0.3, 0.4) is 0 Å². The molecule has 1 aliphatic heterocycles. The zero-order valence-electron chi connectivity index (χ0n) is 14.2. The predicted molar refractivity (Wildman–Crippen MR) is 84.6 cm³/mol. The number of nitrogens with zero attached hydrogens (tertiary/aromatic N) is 3. The third-order valence-corrected chi connectivity index (χ3v) is 4.14. The van der Waals surface area contributed by atoms with E-state index in [2.05, 4.69) is 27.3 Å². The molecular formula is C16H28N4O2. The zero-order valence-corrected chi connectivity index (χ0v) is 14.2. The fourth-order valence-electron chi connectivity index (χ4n) is 2.74. The molecule has 2 rings (SSSR count). The number of rotatable bonds is 6. The summed E-state index contributed by atoms with van der Waals surface area (Å²) in [6, 6.07) is 0.491. The lowest BCUT2D eigenvalue weighted by atomic mass is 9.96. The van der Waals surface area contributed by atoms with Crippen molar-refractivity contribution in [2.24, 2.45) is 0 Å². The second-order valence-electron chi connectivity index (χ2n) is 6.99. The van der Waals surface area contributed by atoms with Gasteiger partial charge in [-0.1, -0.05) is 32.9 Å². The van der Waals surface area contributed by atoms with Crippen molar-refractivity contribution < 1.29 is 9.32 Å². The van der Waals surface area contributed by atoms with Gasteiger partial charge in [-0.25, -0.2) is 0 Å². The van der Waals surface area contributed by atoms with Crippen molar-refractivity contribution in [3.63, 3.8) is 0 Å². The number of amides is 1. The molecule has 0 spiro atoms. The lowest BCUT2D eigenvalue weighted by Gasteiger charge is -2.22. The second-order valence-corrected chi connectivity index (χ2v) is 6.99. The number of aromatic nitrogens is 2. The highest BCUT2D eigenvalue weighted by Crippen LogP contribution is 2.19. The minimum absolute atomic E-state index is 0.0541. The Morgan fingerprint density at radius 1 is 1.45 bits per heavy atom. The van der Waals surface area contributed by atoms with Crippen LogP contribution in [-0.2, 0) is 16.6 Å². The number of carbonyl (C=O) groups excluding carboxylic acids is 1. The summed E-state index contributed by atoms with van der Waals surface area (Å²) in [6.45, 7) is 11.2. The van der Waals surface area contributed by atoms with Crippen molar-refractivity contribution in [1.29, 1.82) is 0 Å². The van der Waals surface area contributed by atoms with Crippen LogP contribution in [0.5, 0.6) is 0 Å². The van der Waals surface area contributed by atoms with Crippen LogP contribution in [0.2, 0.25) is 0 Å². The maximum atomic E-state index is 12.0. The van der Waals surface area contributed by atoms with E-state index in [9.17, 15) is 4.79 Å². The van der Waals surface area contributed by atoms with E-state index in [0.717, 1.165) is 19.6 Å². The average molecular weight is 308 g/mol. The molecule has 1 unspecified atom stereocenters. The summed E-state index contributed by atoms with van der Waals surface area (Å²) in [7, 11) is 0. The molecule has 6 heteroatoms. The van der Waals surface area contributed by atoms with Gasteiger partial charge < -0.3 is 9.84 Å². The average Bonchev–Trinajstić information content (AvgIpc) is 3.10. The van der Waals surface area contributed by atoms with Crippen LogP contribution in [0, 0.1) is 0 Å². The van der Waals surface area contributed by atoms with E-state index in [1.165, 1.54) is 12.8 Å².